The number of hydrogen-bond acceptors (Lipinski definition) is 1. The lowest BCUT2D eigenvalue weighted by molar-refractivity contribution is 0.264. The molecule has 0 aliphatic rings. The largest absolute Gasteiger partial charge is 0.396 e. The van der Waals surface area contributed by atoms with E-state index in [0.29, 0.717) is 5.02 Å². The predicted molar refractivity (Wildman–Crippen MR) is 71.4 cm³/mol. The second-order valence-corrected chi connectivity index (χ2v) is 4.56. The zero-order valence-electron chi connectivity index (χ0n) is 9.51. The van der Waals surface area contributed by atoms with Gasteiger partial charge < -0.3 is 5.11 Å². The molecule has 2 aromatic rings. The van der Waals surface area contributed by atoms with E-state index >= 15 is 0 Å². The molecule has 0 radical (unpaired) electrons. The van der Waals surface area contributed by atoms with Crippen molar-refractivity contribution in [1.82, 2.24) is 0 Å². The average molecular weight is 247 g/mol. The van der Waals surface area contributed by atoms with E-state index in [1.54, 1.807) is 0 Å². The van der Waals surface area contributed by atoms with Crippen LogP contribution in [0.5, 0.6) is 0 Å². The number of hydrogen-bond donors (Lipinski definition) is 1. The van der Waals surface area contributed by atoms with Crippen LogP contribution in [0.25, 0.3) is 0 Å². The van der Waals surface area contributed by atoms with Crippen molar-refractivity contribution in [2.75, 3.05) is 6.61 Å². The smallest absolute Gasteiger partial charge is 0.0502 e. The van der Waals surface area contributed by atoms with Crippen molar-refractivity contribution in [2.24, 2.45) is 0 Å². The van der Waals surface area contributed by atoms with E-state index in [4.69, 9.17) is 11.6 Å². The topological polar surface area (TPSA) is 20.2 Å². The molecule has 0 aliphatic heterocycles. The molecule has 0 fully saturated rings. The summed E-state index contributed by atoms with van der Waals surface area (Å²) in [6.45, 7) is 0.134. The van der Waals surface area contributed by atoms with Crippen LogP contribution in [-0.4, -0.2) is 11.7 Å². The van der Waals surface area contributed by atoms with E-state index in [-0.39, 0.29) is 12.5 Å². The van der Waals surface area contributed by atoms with E-state index in [0.717, 1.165) is 12.0 Å². The van der Waals surface area contributed by atoms with Gasteiger partial charge in [0.1, 0.15) is 0 Å². The summed E-state index contributed by atoms with van der Waals surface area (Å²) in [5.74, 6) is 0.107. The van der Waals surface area contributed by atoms with Crippen molar-refractivity contribution >= 4 is 11.6 Å². The van der Waals surface area contributed by atoms with Crippen LogP contribution in [0, 0.1) is 0 Å². The van der Waals surface area contributed by atoms with Crippen LogP contribution in [0.2, 0.25) is 5.02 Å². The summed E-state index contributed by atoms with van der Waals surface area (Å²) in [5, 5.41) is 10.2. The molecule has 0 bridgehead atoms. The van der Waals surface area contributed by atoms with E-state index < -0.39 is 0 Å². The second-order valence-electron chi connectivity index (χ2n) is 4.12. The minimum atomic E-state index is 0.107. The molecule has 17 heavy (non-hydrogen) atoms. The van der Waals surface area contributed by atoms with Crippen LogP contribution in [0.1, 0.15) is 17.0 Å². The number of aliphatic hydroxyl groups excluding tert-OH is 1. The van der Waals surface area contributed by atoms with Crippen molar-refractivity contribution < 1.29 is 5.11 Å². The summed E-state index contributed by atoms with van der Waals surface area (Å²) < 4.78 is 0. The zero-order valence-corrected chi connectivity index (χ0v) is 10.3. The molecule has 0 heterocycles. The number of rotatable bonds is 4. The highest BCUT2D eigenvalue weighted by atomic mass is 35.5. The minimum Gasteiger partial charge on any atom is -0.396 e. The molecule has 88 valence electrons. The lowest BCUT2D eigenvalue weighted by atomic mass is 9.93. The highest BCUT2D eigenvalue weighted by molar-refractivity contribution is 6.30. The van der Waals surface area contributed by atoms with Crippen LogP contribution >= 0.6 is 11.6 Å². The van der Waals surface area contributed by atoms with E-state index in [2.05, 4.69) is 12.1 Å². The van der Waals surface area contributed by atoms with Crippen LogP contribution in [0.3, 0.4) is 0 Å². The summed E-state index contributed by atoms with van der Waals surface area (Å²) in [6, 6.07) is 17.9. The lowest BCUT2D eigenvalue weighted by Gasteiger charge is -2.15. The van der Waals surface area contributed by atoms with Gasteiger partial charge in [-0.2, -0.15) is 0 Å². The highest BCUT2D eigenvalue weighted by Crippen LogP contribution is 2.23. The first-order valence-electron chi connectivity index (χ1n) is 5.70. The summed E-state index contributed by atoms with van der Waals surface area (Å²) in [7, 11) is 0. The normalized spacial score (nSPS) is 12.4. The van der Waals surface area contributed by atoms with Gasteiger partial charge in [-0.3, -0.25) is 0 Å². The van der Waals surface area contributed by atoms with Gasteiger partial charge in [0, 0.05) is 10.9 Å². The van der Waals surface area contributed by atoms with Crippen LogP contribution in [-0.2, 0) is 6.42 Å². The zero-order chi connectivity index (χ0) is 12.1. The third-order valence-electron chi connectivity index (χ3n) is 2.87. The van der Waals surface area contributed by atoms with Gasteiger partial charge in [0.25, 0.3) is 0 Å². The minimum absolute atomic E-state index is 0.107. The number of benzene rings is 2. The maximum atomic E-state index is 9.49. The van der Waals surface area contributed by atoms with E-state index in [9.17, 15) is 5.11 Å². The van der Waals surface area contributed by atoms with Gasteiger partial charge in [-0.05, 0) is 29.7 Å². The monoisotopic (exact) mass is 246 g/mol. The van der Waals surface area contributed by atoms with E-state index in [1.807, 2.05) is 42.5 Å². The second kappa shape index (κ2) is 5.85. The van der Waals surface area contributed by atoms with Gasteiger partial charge in [-0.15, -0.1) is 0 Å². The quantitative estimate of drug-likeness (QED) is 0.873. The van der Waals surface area contributed by atoms with Crippen molar-refractivity contribution in [3.63, 3.8) is 0 Å². The Hall–Kier alpha value is -1.31. The van der Waals surface area contributed by atoms with Gasteiger partial charge in [0.15, 0.2) is 0 Å². The summed E-state index contributed by atoms with van der Waals surface area (Å²) in [5.41, 5.74) is 2.32. The molecule has 0 aromatic heterocycles. The Morgan fingerprint density at radius 2 is 1.76 bits per heavy atom. The lowest BCUT2D eigenvalue weighted by Crippen LogP contribution is -2.07. The molecule has 0 amide bonds. The molecule has 0 saturated carbocycles. The maximum absolute atomic E-state index is 9.49. The first-order chi connectivity index (χ1) is 8.29. The molecule has 1 unspecified atom stereocenters. The molecule has 1 N–H and O–H groups in total. The van der Waals surface area contributed by atoms with Crippen molar-refractivity contribution in [3.05, 3.63) is 70.7 Å². The molecular weight excluding hydrogens is 232 g/mol. The van der Waals surface area contributed by atoms with E-state index in [1.165, 1.54) is 5.56 Å². The predicted octanol–water partition coefficient (Wildman–Crippen LogP) is 3.66. The van der Waals surface area contributed by atoms with Crippen LogP contribution in [0.15, 0.2) is 54.6 Å². The Labute approximate surface area is 107 Å². The Morgan fingerprint density at radius 1 is 1.00 bits per heavy atom. The Morgan fingerprint density at radius 3 is 2.41 bits per heavy atom. The first kappa shape index (κ1) is 12.2. The average Bonchev–Trinajstić information content (AvgIpc) is 2.37. The fraction of sp³-hybridized carbons (Fsp3) is 0.200. The van der Waals surface area contributed by atoms with Gasteiger partial charge in [-0.25, -0.2) is 0 Å². The summed E-state index contributed by atoms with van der Waals surface area (Å²) >= 11 is 5.97. The fourth-order valence-electron chi connectivity index (χ4n) is 1.95. The first-order valence-corrected chi connectivity index (χ1v) is 6.07. The van der Waals surface area contributed by atoms with Gasteiger partial charge in [0.05, 0.1) is 6.61 Å². The van der Waals surface area contributed by atoms with Crippen molar-refractivity contribution in [2.45, 2.75) is 12.3 Å². The molecule has 0 spiro atoms. The van der Waals surface area contributed by atoms with Crippen molar-refractivity contribution in [3.8, 4) is 0 Å². The number of halogens is 1. The Bertz CT molecular complexity index is 467. The third-order valence-corrected chi connectivity index (χ3v) is 3.10. The summed E-state index contributed by atoms with van der Waals surface area (Å²) in [4.78, 5) is 0. The Balaban J connectivity index is 2.17. The van der Waals surface area contributed by atoms with Crippen molar-refractivity contribution in [1.29, 1.82) is 0 Å². The molecular formula is C15H15ClO. The standard InChI is InChI=1S/C15H15ClO/c16-15-8-4-7-13(10-15)14(11-17)9-12-5-2-1-3-6-12/h1-8,10,14,17H,9,11H2. The van der Waals surface area contributed by atoms with Crippen LogP contribution < -0.4 is 0 Å². The molecule has 1 nitrogen and oxygen atoms in total. The maximum Gasteiger partial charge on any atom is 0.0502 e. The van der Waals surface area contributed by atoms with Gasteiger partial charge in [0.2, 0.25) is 0 Å². The van der Waals surface area contributed by atoms with Crippen LogP contribution in [0.4, 0.5) is 0 Å². The highest BCUT2D eigenvalue weighted by Gasteiger charge is 2.11. The molecule has 0 aliphatic carbocycles. The molecule has 2 rings (SSSR count). The SMILES string of the molecule is OCC(Cc1ccccc1)c1cccc(Cl)c1. The number of aliphatic hydroxyl groups is 1. The third kappa shape index (κ3) is 3.32. The fourth-order valence-corrected chi connectivity index (χ4v) is 2.15. The van der Waals surface area contributed by atoms with Gasteiger partial charge >= 0.3 is 0 Å². The Kier molecular flexibility index (Phi) is 4.18. The molecule has 1 atom stereocenters. The molecule has 2 aromatic carbocycles. The van der Waals surface area contributed by atoms with Gasteiger partial charge in [-0.1, -0.05) is 54.1 Å². The molecule has 2 heteroatoms. The molecule has 0 saturated heterocycles. The summed E-state index contributed by atoms with van der Waals surface area (Å²) in [6.07, 6.45) is 0.831.